The van der Waals surface area contributed by atoms with Gasteiger partial charge in [0.2, 0.25) is 0 Å². The lowest BCUT2D eigenvalue weighted by molar-refractivity contribution is 1.14. The van der Waals surface area contributed by atoms with Crippen LogP contribution >= 0.6 is 27.5 Å². The van der Waals surface area contributed by atoms with Crippen molar-refractivity contribution in [2.75, 3.05) is 5.32 Å². The molecule has 1 N–H and O–H groups in total. The van der Waals surface area contributed by atoms with Crippen LogP contribution in [0.4, 0.5) is 5.69 Å². The molecular formula is C15H12BrClN2. The Balaban J connectivity index is 2.10. The van der Waals surface area contributed by atoms with Gasteiger partial charge in [-0.2, -0.15) is 5.26 Å². The van der Waals surface area contributed by atoms with Gasteiger partial charge in [0.25, 0.3) is 0 Å². The van der Waals surface area contributed by atoms with E-state index in [0.717, 1.165) is 15.7 Å². The van der Waals surface area contributed by atoms with Crippen LogP contribution in [0, 0.1) is 18.3 Å². The van der Waals surface area contributed by atoms with Crippen molar-refractivity contribution in [3.05, 3.63) is 62.6 Å². The lowest BCUT2D eigenvalue weighted by atomic mass is 10.1. The van der Waals surface area contributed by atoms with E-state index in [-0.39, 0.29) is 0 Å². The van der Waals surface area contributed by atoms with Crippen molar-refractivity contribution >= 4 is 33.2 Å². The number of aryl methyl sites for hydroxylation is 1. The number of anilines is 1. The average Bonchev–Trinajstić information content (AvgIpc) is 2.41. The van der Waals surface area contributed by atoms with Gasteiger partial charge in [-0.1, -0.05) is 39.7 Å². The second-order valence-electron chi connectivity index (χ2n) is 4.24. The number of rotatable bonds is 3. The fraction of sp³-hybridized carbons (Fsp3) is 0.133. The molecule has 0 heterocycles. The molecule has 0 atom stereocenters. The monoisotopic (exact) mass is 334 g/mol. The van der Waals surface area contributed by atoms with Gasteiger partial charge in [-0.05, 0) is 42.3 Å². The van der Waals surface area contributed by atoms with Crippen molar-refractivity contribution in [2.24, 2.45) is 0 Å². The molecule has 0 saturated heterocycles. The van der Waals surface area contributed by atoms with Crippen LogP contribution in [-0.4, -0.2) is 0 Å². The Kier molecular flexibility index (Phi) is 4.47. The number of nitrogens with one attached hydrogen (secondary N) is 1. The number of benzene rings is 2. The number of hydrogen-bond donors (Lipinski definition) is 1. The summed E-state index contributed by atoms with van der Waals surface area (Å²) < 4.78 is 1.07. The first-order valence-corrected chi connectivity index (χ1v) is 6.96. The van der Waals surface area contributed by atoms with Crippen LogP contribution in [0.25, 0.3) is 0 Å². The highest BCUT2D eigenvalue weighted by molar-refractivity contribution is 9.10. The Labute approximate surface area is 126 Å². The molecule has 0 fully saturated rings. The van der Waals surface area contributed by atoms with Crippen LogP contribution in [-0.2, 0) is 6.54 Å². The summed E-state index contributed by atoms with van der Waals surface area (Å²) in [6, 6.07) is 13.5. The van der Waals surface area contributed by atoms with Gasteiger partial charge < -0.3 is 5.32 Å². The largest absolute Gasteiger partial charge is 0.381 e. The molecule has 0 aromatic heterocycles. The van der Waals surface area contributed by atoms with E-state index in [0.29, 0.717) is 17.1 Å². The minimum absolute atomic E-state index is 0.576. The fourth-order valence-corrected chi connectivity index (χ4v) is 2.29. The molecule has 0 radical (unpaired) electrons. The third kappa shape index (κ3) is 3.50. The maximum Gasteiger partial charge on any atom is 0.0992 e. The van der Waals surface area contributed by atoms with Crippen molar-refractivity contribution in [2.45, 2.75) is 13.5 Å². The second kappa shape index (κ2) is 6.10. The summed E-state index contributed by atoms with van der Waals surface area (Å²) in [6.45, 7) is 2.67. The SMILES string of the molecule is Cc1ccc(NCc2ccc(C#N)cc2Cl)cc1Br. The number of halogens is 2. The summed E-state index contributed by atoms with van der Waals surface area (Å²) in [7, 11) is 0. The van der Waals surface area contributed by atoms with E-state index in [2.05, 4.69) is 27.3 Å². The van der Waals surface area contributed by atoms with Gasteiger partial charge in [-0.15, -0.1) is 0 Å². The number of nitriles is 1. The Morgan fingerprint density at radius 2 is 2.05 bits per heavy atom. The van der Waals surface area contributed by atoms with Gasteiger partial charge in [0.1, 0.15) is 0 Å². The van der Waals surface area contributed by atoms with Crippen LogP contribution in [0.5, 0.6) is 0 Å². The minimum Gasteiger partial charge on any atom is -0.381 e. The van der Waals surface area contributed by atoms with Crippen LogP contribution < -0.4 is 5.32 Å². The van der Waals surface area contributed by atoms with E-state index in [1.807, 2.05) is 31.2 Å². The van der Waals surface area contributed by atoms with Crippen molar-refractivity contribution < 1.29 is 0 Å². The lowest BCUT2D eigenvalue weighted by Gasteiger charge is -2.09. The summed E-state index contributed by atoms with van der Waals surface area (Å²) in [6.07, 6.45) is 0. The van der Waals surface area contributed by atoms with Gasteiger partial charge in [0.15, 0.2) is 0 Å². The van der Waals surface area contributed by atoms with Crippen molar-refractivity contribution in [1.29, 1.82) is 5.26 Å². The van der Waals surface area contributed by atoms with Gasteiger partial charge in [-0.3, -0.25) is 0 Å². The summed E-state index contributed by atoms with van der Waals surface area (Å²) in [5.41, 5.74) is 3.77. The predicted molar refractivity (Wildman–Crippen MR) is 82.4 cm³/mol. The van der Waals surface area contributed by atoms with E-state index in [9.17, 15) is 0 Å². The zero-order chi connectivity index (χ0) is 13.8. The smallest absolute Gasteiger partial charge is 0.0992 e. The van der Waals surface area contributed by atoms with Crippen LogP contribution in [0.15, 0.2) is 40.9 Å². The molecule has 19 heavy (non-hydrogen) atoms. The fourth-order valence-electron chi connectivity index (χ4n) is 1.66. The highest BCUT2D eigenvalue weighted by atomic mass is 79.9. The van der Waals surface area contributed by atoms with Gasteiger partial charge in [0.05, 0.1) is 11.6 Å². The van der Waals surface area contributed by atoms with E-state index in [4.69, 9.17) is 16.9 Å². The van der Waals surface area contributed by atoms with Crippen molar-refractivity contribution in [3.63, 3.8) is 0 Å². The highest BCUT2D eigenvalue weighted by Crippen LogP contribution is 2.23. The van der Waals surface area contributed by atoms with Gasteiger partial charge in [0, 0.05) is 21.7 Å². The molecule has 2 rings (SSSR count). The van der Waals surface area contributed by atoms with Gasteiger partial charge >= 0.3 is 0 Å². The summed E-state index contributed by atoms with van der Waals surface area (Å²) in [5, 5.41) is 12.7. The third-order valence-electron chi connectivity index (χ3n) is 2.84. The first-order valence-electron chi connectivity index (χ1n) is 5.78. The standard InChI is InChI=1S/C15H12BrClN2/c1-10-2-5-13(7-14(10)16)19-9-12-4-3-11(8-18)6-15(12)17/h2-7,19H,9H2,1H3. The van der Waals surface area contributed by atoms with E-state index in [1.54, 1.807) is 12.1 Å². The Hall–Kier alpha value is -1.50. The minimum atomic E-state index is 0.576. The van der Waals surface area contributed by atoms with Crippen LogP contribution in [0.3, 0.4) is 0 Å². The predicted octanol–water partition coefficient (Wildman–Crippen LogP) is 4.89. The molecule has 2 aromatic rings. The summed E-state index contributed by atoms with van der Waals surface area (Å²) >= 11 is 9.63. The number of nitrogens with zero attached hydrogens (tertiary/aromatic N) is 1. The normalized spacial score (nSPS) is 10.0. The molecule has 0 aliphatic rings. The molecular weight excluding hydrogens is 324 g/mol. The van der Waals surface area contributed by atoms with Crippen molar-refractivity contribution in [3.8, 4) is 6.07 Å². The zero-order valence-corrected chi connectivity index (χ0v) is 12.7. The summed E-state index contributed by atoms with van der Waals surface area (Å²) in [5.74, 6) is 0. The molecule has 0 bridgehead atoms. The molecule has 4 heteroatoms. The maximum absolute atomic E-state index is 8.79. The molecule has 0 unspecified atom stereocenters. The molecule has 0 saturated carbocycles. The Morgan fingerprint density at radius 3 is 2.68 bits per heavy atom. The molecule has 0 amide bonds. The quantitative estimate of drug-likeness (QED) is 0.866. The average molecular weight is 336 g/mol. The maximum atomic E-state index is 8.79. The molecule has 96 valence electrons. The molecule has 0 aliphatic heterocycles. The molecule has 0 aliphatic carbocycles. The van der Waals surface area contributed by atoms with Gasteiger partial charge in [-0.25, -0.2) is 0 Å². The zero-order valence-electron chi connectivity index (χ0n) is 10.4. The Morgan fingerprint density at radius 1 is 1.26 bits per heavy atom. The summed E-state index contributed by atoms with van der Waals surface area (Å²) in [4.78, 5) is 0. The molecule has 2 aromatic carbocycles. The third-order valence-corrected chi connectivity index (χ3v) is 4.04. The lowest BCUT2D eigenvalue weighted by Crippen LogP contribution is -2.00. The molecule has 2 nitrogen and oxygen atoms in total. The Bertz CT molecular complexity index is 647. The van der Waals surface area contributed by atoms with E-state index >= 15 is 0 Å². The van der Waals surface area contributed by atoms with Crippen LogP contribution in [0.1, 0.15) is 16.7 Å². The van der Waals surface area contributed by atoms with E-state index < -0.39 is 0 Å². The number of hydrogen-bond acceptors (Lipinski definition) is 2. The first-order chi connectivity index (χ1) is 9.10. The highest BCUT2D eigenvalue weighted by Gasteiger charge is 2.03. The van der Waals surface area contributed by atoms with Crippen LogP contribution in [0.2, 0.25) is 5.02 Å². The molecule has 0 spiro atoms. The topological polar surface area (TPSA) is 35.8 Å². The first kappa shape index (κ1) is 13.9. The van der Waals surface area contributed by atoms with E-state index in [1.165, 1.54) is 5.56 Å². The van der Waals surface area contributed by atoms with Crippen molar-refractivity contribution in [1.82, 2.24) is 0 Å². The second-order valence-corrected chi connectivity index (χ2v) is 5.50.